The van der Waals surface area contributed by atoms with Crippen molar-refractivity contribution in [1.29, 1.82) is 0 Å². The molecule has 2 aromatic rings. The van der Waals surface area contributed by atoms with Crippen LogP contribution in [0.4, 0.5) is 0 Å². The number of rotatable bonds is 4. The van der Waals surface area contributed by atoms with E-state index in [0.29, 0.717) is 24.4 Å². The molecule has 0 radical (unpaired) electrons. The lowest BCUT2D eigenvalue weighted by Crippen LogP contribution is -1.97. The number of benzene rings is 1. The number of aromatic nitrogens is 1. The van der Waals surface area contributed by atoms with Crippen LogP contribution in [0.1, 0.15) is 24.1 Å². The van der Waals surface area contributed by atoms with Gasteiger partial charge in [-0.25, -0.2) is 4.98 Å². The summed E-state index contributed by atoms with van der Waals surface area (Å²) in [6.45, 7) is 1.52. The van der Waals surface area contributed by atoms with E-state index in [1.54, 1.807) is 18.2 Å². The summed E-state index contributed by atoms with van der Waals surface area (Å²) in [5.41, 5.74) is 1.56. The number of hydrogen-bond acceptors (Lipinski definition) is 4. The van der Waals surface area contributed by atoms with Gasteiger partial charge >= 0.3 is 0 Å². The molecule has 4 heteroatoms. The van der Waals surface area contributed by atoms with Gasteiger partial charge in [-0.1, -0.05) is 12.1 Å². The quantitative estimate of drug-likeness (QED) is 0.875. The SMILES string of the molecule is CC(=O)Cc1coc(Cc2cccc(O)c2)n1. The summed E-state index contributed by atoms with van der Waals surface area (Å²) in [4.78, 5) is 15.1. The normalized spacial score (nSPS) is 10.4. The van der Waals surface area contributed by atoms with Gasteiger partial charge in [-0.3, -0.25) is 4.79 Å². The van der Waals surface area contributed by atoms with Crippen LogP contribution in [0.5, 0.6) is 5.75 Å². The topological polar surface area (TPSA) is 63.3 Å². The highest BCUT2D eigenvalue weighted by Gasteiger charge is 2.07. The number of oxazole rings is 1. The molecule has 4 nitrogen and oxygen atoms in total. The van der Waals surface area contributed by atoms with Crippen molar-refractivity contribution in [1.82, 2.24) is 4.98 Å². The molecule has 0 aliphatic carbocycles. The molecular weight excluding hydrogens is 218 g/mol. The average molecular weight is 231 g/mol. The minimum atomic E-state index is 0.0576. The fraction of sp³-hybridized carbons (Fsp3) is 0.231. The van der Waals surface area contributed by atoms with E-state index >= 15 is 0 Å². The molecule has 0 bridgehead atoms. The van der Waals surface area contributed by atoms with Gasteiger partial charge in [0.25, 0.3) is 0 Å². The molecule has 1 aromatic heterocycles. The van der Waals surface area contributed by atoms with E-state index in [9.17, 15) is 9.90 Å². The Labute approximate surface area is 98.9 Å². The zero-order valence-electron chi connectivity index (χ0n) is 9.51. The maximum absolute atomic E-state index is 10.9. The van der Waals surface area contributed by atoms with Gasteiger partial charge in [-0.05, 0) is 24.6 Å². The highest BCUT2D eigenvalue weighted by molar-refractivity contribution is 5.77. The summed E-state index contributed by atoms with van der Waals surface area (Å²) in [6, 6.07) is 6.92. The summed E-state index contributed by atoms with van der Waals surface area (Å²) in [6.07, 6.45) is 2.30. The first-order valence-corrected chi connectivity index (χ1v) is 5.34. The van der Waals surface area contributed by atoms with Gasteiger partial charge in [0.2, 0.25) is 0 Å². The standard InChI is InChI=1S/C13H13NO3/c1-9(15)5-11-8-17-13(14-11)7-10-3-2-4-12(16)6-10/h2-4,6,8,16H,5,7H2,1H3. The van der Waals surface area contributed by atoms with Crippen molar-refractivity contribution >= 4 is 5.78 Å². The summed E-state index contributed by atoms with van der Waals surface area (Å²) >= 11 is 0. The zero-order valence-corrected chi connectivity index (χ0v) is 9.51. The molecule has 1 N–H and O–H groups in total. The highest BCUT2D eigenvalue weighted by Crippen LogP contribution is 2.15. The van der Waals surface area contributed by atoms with Crippen molar-refractivity contribution in [2.45, 2.75) is 19.8 Å². The first kappa shape index (κ1) is 11.4. The van der Waals surface area contributed by atoms with Gasteiger partial charge in [-0.15, -0.1) is 0 Å². The average Bonchev–Trinajstić information content (AvgIpc) is 2.64. The number of hydrogen-bond donors (Lipinski definition) is 1. The lowest BCUT2D eigenvalue weighted by molar-refractivity contribution is -0.116. The number of Topliss-reactive ketones (excluding diaryl/α,β-unsaturated/α-hetero) is 1. The number of ketones is 1. The van der Waals surface area contributed by atoms with E-state index in [1.165, 1.54) is 13.2 Å². The Morgan fingerprint density at radius 1 is 1.47 bits per heavy atom. The Morgan fingerprint density at radius 2 is 2.29 bits per heavy atom. The maximum Gasteiger partial charge on any atom is 0.198 e. The van der Waals surface area contributed by atoms with E-state index in [-0.39, 0.29) is 11.5 Å². The zero-order chi connectivity index (χ0) is 12.3. The van der Waals surface area contributed by atoms with Gasteiger partial charge in [0.1, 0.15) is 17.8 Å². The molecule has 1 aromatic carbocycles. The largest absolute Gasteiger partial charge is 0.508 e. The van der Waals surface area contributed by atoms with Gasteiger partial charge in [-0.2, -0.15) is 0 Å². The first-order chi connectivity index (χ1) is 8.13. The highest BCUT2D eigenvalue weighted by atomic mass is 16.3. The molecule has 0 atom stereocenters. The minimum absolute atomic E-state index is 0.0576. The summed E-state index contributed by atoms with van der Waals surface area (Å²) in [5.74, 6) is 0.826. The second kappa shape index (κ2) is 4.82. The fourth-order valence-electron chi connectivity index (χ4n) is 1.61. The van der Waals surface area contributed by atoms with Crippen molar-refractivity contribution in [2.24, 2.45) is 0 Å². The monoisotopic (exact) mass is 231 g/mol. The number of carbonyl (C=O) groups excluding carboxylic acids is 1. The Kier molecular flexibility index (Phi) is 3.23. The third-order valence-electron chi connectivity index (χ3n) is 2.30. The van der Waals surface area contributed by atoms with Crippen LogP contribution in [0, 0.1) is 0 Å². The van der Waals surface area contributed by atoms with Gasteiger partial charge in [0.15, 0.2) is 5.89 Å². The van der Waals surface area contributed by atoms with Crippen LogP contribution in [-0.4, -0.2) is 15.9 Å². The van der Waals surface area contributed by atoms with Crippen LogP contribution < -0.4 is 0 Å². The van der Waals surface area contributed by atoms with Crippen LogP contribution in [0.2, 0.25) is 0 Å². The molecule has 88 valence electrons. The van der Waals surface area contributed by atoms with Crippen LogP contribution in [0.25, 0.3) is 0 Å². The molecule has 0 fully saturated rings. The van der Waals surface area contributed by atoms with Crippen LogP contribution in [-0.2, 0) is 17.6 Å². The molecule has 0 unspecified atom stereocenters. The number of carbonyl (C=O) groups is 1. The molecular formula is C13H13NO3. The lowest BCUT2D eigenvalue weighted by Gasteiger charge is -1.97. The second-order valence-corrected chi connectivity index (χ2v) is 3.96. The van der Waals surface area contributed by atoms with Gasteiger partial charge < -0.3 is 9.52 Å². The van der Waals surface area contributed by atoms with E-state index in [2.05, 4.69) is 4.98 Å². The van der Waals surface area contributed by atoms with Gasteiger partial charge in [0.05, 0.1) is 12.1 Å². The van der Waals surface area contributed by atoms with Crippen LogP contribution >= 0.6 is 0 Å². The van der Waals surface area contributed by atoms with Gasteiger partial charge in [0, 0.05) is 6.42 Å². The van der Waals surface area contributed by atoms with Crippen molar-refractivity contribution in [3.05, 3.63) is 47.7 Å². The molecule has 0 aliphatic heterocycles. The maximum atomic E-state index is 10.9. The van der Waals surface area contributed by atoms with E-state index in [4.69, 9.17) is 4.42 Å². The molecule has 0 amide bonds. The smallest absolute Gasteiger partial charge is 0.198 e. The summed E-state index contributed by atoms with van der Waals surface area (Å²) in [5, 5.41) is 9.32. The van der Waals surface area contributed by atoms with Crippen molar-refractivity contribution in [3.8, 4) is 5.75 Å². The summed E-state index contributed by atoms with van der Waals surface area (Å²) < 4.78 is 5.26. The lowest BCUT2D eigenvalue weighted by atomic mass is 10.1. The number of aromatic hydroxyl groups is 1. The number of nitrogens with zero attached hydrogens (tertiary/aromatic N) is 1. The van der Waals surface area contributed by atoms with E-state index in [1.807, 2.05) is 6.07 Å². The fourth-order valence-corrected chi connectivity index (χ4v) is 1.61. The van der Waals surface area contributed by atoms with Crippen molar-refractivity contribution in [2.75, 3.05) is 0 Å². The number of phenolic OH excluding ortho intramolecular Hbond substituents is 1. The molecule has 1 heterocycles. The Hall–Kier alpha value is -2.10. The van der Waals surface area contributed by atoms with Crippen molar-refractivity contribution in [3.63, 3.8) is 0 Å². The van der Waals surface area contributed by atoms with Crippen LogP contribution in [0.15, 0.2) is 34.9 Å². The third kappa shape index (κ3) is 3.17. The molecule has 0 saturated carbocycles. The third-order valence-corrected chi connectivity index (χ3v) is 2.30. The Morgan fingerprint density at radius 3 is 3.00 bits per heavy atom. The number of phenols is 1. The second-order valence-electron chi connectivity index (χ2n) is 3.96. The first-order valence-electron chi connectivity index (χ1n) is 5.34. The minimum Gasteiger partial charge on any atom is -0.508 e. The Balaban J connectivity index is 2.08. The predicted octanol–water partition coefficient (Wildman–Crippen LogP) is 2.10. The Bertz CT molecular complexity index is 531. The molecule has 0 aliphatic rings. The molecule has 2 rings (SSSR count). The molecule has 17 heavy (non-hydrogen) atoms. The van der Waals surface area contributed by atoms with E-state index < -0.39 is 0 Å². The summed E-state index contributed by atoms with van der Waals surface area (Å²) in [7, 11) is 0. The van der Waals surface area contributed by atoms with E-state index in [0.717, 1.165) is 5.56 Å². The molecule has 0 spiro atoms. The van der Waals surface area contributed by atoms with Crippen molar-refractivity contribution < 1.29 is 14.3 Å². The molecule has 0 saturated heterocycles. The van der Waals surface area contributed by atoms with Crippen LogP contribution in [0.3, 0.4) is 0 Å². The predicted molar refractivity (Wildman–Crippen MR) is 61.8 cm³/mol.